The fourth-order valence-corrected chi connectivity index (χ4v) is 4.23. The van der Waals surface area contributed by atoms with Crippen LogP contribution in [0.25, 0.3) is 0 Å². The molecule has 118 valence electrons. The number of hydrogen-bond donors (Lipinski definition) is 0. The maximum absolute atomic E-state index is 13.4. The minimum Gasteiger partial charge on any atom is -0.336 e. The molecule has 0 bridgehead atoms. The highest BCUT2D eigenvalue weighted by Crippen LogP contribution is 2.52. The number of halogens is 1. The smallest absolute Gasteiger partial charge is 0.233 e. The lowest BCUT2D eigenvalue weighted by molar-refractivity contribution is -0.137. The molecule has 0 N–H and O–H groups in total. The number of hydrogen-bond acceptors (Lipinski definition) is 1. The van der Waals surface area contributed by atoms with Gasteiger partial charge in [-0.25, -0.2) is 0 Å². The Kier molecular flexibility index (Phi) is 3.68. The first-order valence-corrected chi connectivity index (χ1v) is 9.17. The third kappa shape index (κ3) is 2.56. The van der Waals surface area contributed by atoms with Gasteiger partial charge in [0, 0.05) is 17.1 Å². The molecule has 0 heterocycles. The fourth-order valence-electron chi connectivity index (χ4n) is 4.11. The van der Waals surface area contributed by atoms with Crippen LogP contribution in [0.3, 0.4) is 0 Å². The second-order valence-corrected chi connectivity index (χ2v) is 7.76. The summed E-state index contributed by atoms with van der Waals surface area (Å²) in [7, 11) is 0. The molecule has 1 aromatic carbocycles. The summed E-state index contributed by atoms with van der Waals surface area (Å²) in [5.74, 6) is 0.407. The third-order valence-electron chi connectivity index (χ3n) is 5.70. The van der Waals surface area contributed by atoms with E-state index in [1.807, 2.05) is 12.1 Å². The minimum atomic E-state index is -0.232. The molecule has 3 heteroatoms. The molecule has 0 aromatic heterocycles. The zero-order chi connectivity index (χ0) is 15.2. The van der Waals surface area contributed by atoms with Crippen molar-refractivity contribution in [2.45, 2.75) is 75.3 Å². The van der Waals surface area contributed by atoms with Crippen LogP contribution in [-0.2, 0) is 10.2 Å². The molecule has 2 nitrogen and oxygen atoms in total. The number of nitrogens with zero attached hydrogens (tertiary/aromatic N) is 1. The fraction of sp³-hybridized carbons (Fsp3) is 0.632. The molecule has 1 aromatic rings. The summed E-state index contributed by atoms with van der Waals surface area (Å²) in [6.07, 6.45) is 10.7. The van der Waals surface area contributed by atoms with Gasteiger partial charge in [-0.3, -0.25) is 4.79 Å². The monoisotopic (exact) mass is 317 g/mol. The molecule has 0 spiro atoms. The van der Waals surface area contributed by atoms with Crippen LogP contribution in [0.2, 0.25) is 5.02 Å². The summed E-state index contributed by atoms with van der Waals surface area (Å²) in [6.45, 7) is 0. The first-order valence-electron chi connectivity index (χ1n) is 8.79. The molecule has 3 saturated carbocycles. The first kappa shape index (κ1) is 14.6. The second-order valence-electron chi connectivity index (χ2n) is 7.32. The number of amides is 1. The normalized spacial score (nSPS) is 24.0. The van der Waals surface area contributed by atoms with Crippen LogP contribution in [0.1, 0.15) is 63.4 Å². The summed E-state index contributed by atoms with van der Waals surface area (Å²) in [5.41, 5.74) is 0.938. The molecule has 1 amide bonds. The molecule has 3 aliphatic carbocycles. The van der Waals surface area contributed by atoms with Gasteiger partial charge in [0.2, 0.25) is 5.91 Å². The number of rotatable bonds is 4. The third-order valence-corrected chi connectivity index (χ3v) is 5.95. The van der Waals surface area contributed by atoms with Crippen LogP contribution in [0, 0.1) is 0 Å². The average molecular weight is 318 g/mol. The van der Waals surface area contributed by atoms with E-state index in [9.17, 15) is 4.79 Å². The summed E-state index contributed by atoms with van der Waals surface area (Å²) >= 11 is 6.01. The van der Waals surface area contributed by atoms with E-state index in [1.54, 1.807) is 0 Å². The molecule has 0 saturated heterocycles. The lowest BCUT2D eigenvalue weighted by Crippen LogP contribution is -2.47. The van der Waals surface area contributed by atoms with E-state index in [0.717, 1.165) is 17.9 Å². The summed E-state index contributed by atoms with van der Waals surface area (Å²) in [5, 5.41) is 0.748. The number of carbonyl (C=O) groups is 1. The van der Waals surface area contributed by atoms with E-state index in [-0.39, 0.29) is 5.41 Å². The van der Waals surface area contributed by atoms with Crippen molar-refractivity contribution >= 4 is 17.5 Å². The summed E-state index contributed by atoms with van der Waals surface area (Å²) < 4.78 is 0. The molecule has 4 rings (SSSR count). The van der Waals surface area contributed by atoms with Gasteiger partial charge < -0.3 is 4.90 Å². The second kappa shape index (κ2) is 5.56. The van der Waals surface area contributed by atoms with Crippen LogP contribution in [0.4, 0.5) is 0 Å². The maximum Gasteiger partial charge on any atom is 0.233 e. The van der Waals surface area contributed by atoms with Crippen molar-refractivity contribution in [3.63, 3.8) is 0 Å². The van der Waals surface area contributed by atoms with E-state index in [1.165, 1.54) is 50.5 Å². The highest BCUT2D eigenvalue weighted by atomic mass is 35.5. The highest BCUT2D eigenvalue weighted by Gasteiger charge is 2.55. The quantitative estimate of drug-likeness (QED) is 0.788. The molecule has 0 radical (unpaired) electrons. The molecule has 3 fully saturated rings. The van der Waals surface area contributed by atoms with Crippen molar-refractivity contribution in [2.24, 2.45) is 0 Å². The van der Waals surface area contributed by atoms with Gasteiger partial charge in [-0.05, 0) is 56.2 Å². The van der Waals surface area contributed by atoms with Gasteiger partial charge in [0.1, 0.15) is 0 Å². The zero-order valence-electron chi connectivity index (χ0n) is 13.1. The van der Waals surface area contributed by atoms with Crippen molar-refractivity contribution in [2.75, 3.05) is 0 Å². The zero-order valence-corrected chi connectivity index (χ0v) is 13.8. The van der Waals surface area contributed by atoms with Crippen molar-refractivity contribution in [3.8, 4) is 0 Å². The standard InChI is InChI=1S/C19H24ClNO/c20-15-8-6-14(7-9-15)19(12-13-19)18(22)21(17-10-11-17)16-4-2-1-3-5-16/h6-9,16-17H,1-5,10-13H2. The minimum absolute atomic E-state index is 0.232. The Labute approximate surface area is 137 Å². The number of carbonyl (C=O) groups excluding carboxylic acids is 1. The van der Waals surface area contributed by atoms with E-state index in [0.29, 0.717) is 18.0 Å². The largest absolute Gasteiger partial charge is 0.336 e. The molecule has 0 aliphatic heterocycles. The lowest BCUT2D eigenvalue weighted by Gasteiger charge is -2.37. The Morgan fingerprint density at radius 3 is 2.09 bits per heavy atom. The van der Waals surface area contributed by atoms with E-state index >= 15 is 0 Å². The summed E-state index contributed by atoms with van der Waals surface area (Å²) in [4.78, 5) is 15.7. The van der Waals surface area contributed by atoms with Crippen molar-refractivity contribution in [1.29, 1.82) is 0 Å². The van der Waals surface area contributed by atoms with Gasteiger partial charge >= 0.3 is 0 Å². The number of benzene rings is 1. The van der Waals surface area contributed by atoms with E-state index in [2.05, 4.69) is 17.0 Å². The Morgan fingerprint density at radius 2 is 1.55 bits per heavy atom. The van der Waals surface area contributed by atoms with Crippen molar-refractivity contribution < 1.29 is 4.79 Å². The molecule has 3 aliphatic rings. The molecule has 22 heavy (non-hydrogen) atoms. The van der Waals surface area contributed by atoms with Gasteiger partial charge in [-0.15, -0.1) is 0 Å². The Morgan fingerprint density at radius 1 is 0.955 bits per heavy atom. The van der Waals surface area contributed by atoms with Crippen LogP contribution >= 0.6 is 11.6 Å². The average Bonchev–Trinajstić information content (AvgIpc) is 3.43. The predicted octanol–water partition coefficient (Wildman–Crippen LogP) is 4.70. The topological polar surface area (TPSA) is 20.3 Å². The Bertz CT molecular complexity index is 553. The Balaban J connectivity index is 1.59. The highest BCUT2D eigenvalue weighted by molar-refractivity contribution is 6.30. The van der Waals surface area contributed by atoms with Gasteiger partial charge in [0.25, 0.3) is 0 Å². The van der Waals surface area contributed by atoms with Gasteiger partial charge in [0.05, 0.1) is 5.41 Å². The maximum atomic E-state index is 13.4. The van der Waals surface area contributed by atoms with E-state index in [4.69, 9.17) is 11.6 Å². The first-order chi connectivity index (χ1) is 10.7. The van der Waals surface area contributed by atoms with Gasteiger partial charge in [0.15, 0.2) is 0 Å². The SMILES string of the molecule is O=C(N(C1CCCCC1)C1CC1)C1(c2ccc(Cl)cc2)CC1. The van der Waals surface area contributed by atoms with Crippen molar-refractivity contribution in [3.05, 3.63) is 34.9 Å². The van der Waals surface area contributed by atoms with E-state index < -0.39 is 0 Å². The predicted molar refractivity (Wildman–Crippen MR) is 89.1 cm³/mol. The molecular weight excluding hydrogens is 294 g/mol. The molecule has 0 atom stereocenters. The van der Waals surface area contributed by atoms with Crippen molar-refractivity contribution in [1.82, 2.24) is 4.90 Å². The van der Waals surface area contributed by atoms with Gasteiger partial charge in [-0.2, -0.15) is 0 Å². The molecule has 0 unspecified atom stereocenters. The van der Waals surface area contributed by atoms with Crippen LogP contribution in [-0.4, -0.2) is 22.9 Å². The van der Waals surface area contributed by atoms with Crippen LogP contribution in [0.15, 0.2) is 24.3 Å². The molecular formula is C19H24ClNO. The van der Waals surface area contributed by atoms with Crippen LogP contribution in [0.5, 0.6) is 0 Å². The lowest BCUT2D eigenvalue weighted by atomic mass is 9.90. The van der Waals surface area contributed by atoms with Gasteiger partial charge in [-0.1, -0.05) is 43.0 Å². The summed E-state index contributed by atoms with van der Waals surface area (Å²) in [6, 6.07) is 8.98. The Hall–Kier alpha value is -1.02. The van der Waals surface area contributed by atoms with Crippen LogP contribution < -0.4 is 0 Å².